The van der Waals surface area contributed by atoms with Crippen LogP contribution >= 0.6 is 15.9 Å². The van der Waals surface area contributed by atoms with Gasteiger partial charge >= 0.3 is 0 Å². The number of aryl methyl sites for hydroxylation is 2. The van der Waals surface area contributed by atoms with Crippen molar-refractivity contribution in [2.75, 3.05) is 0 Å². The van der Waals surface area contributed by atoms with Crippen molar-refractivity contribution >= 4 is 15.9 Å². The second kappa shape index (κ2) is 6.33. The van der Waals surface area contributed by atoms with Crippen LogP contribution in [-0.4, -0.2) is 0 Å². The van der Waals surface area contributed by atoms with Gasteiger partial charge in [0.05, 0.1) is 6.04 Å². The van der Waals surface area contributed by atoms with Gasteiger partial charge in [-0.2, -0.15) is 0 Å². The van der Waals surface area contributed by atoms with Crippen LogP contribution in [0.15, 0.2) is 46.9 Å². The van der Waals surface area contributed by atoms with Crippen molar-refractivity contribution < 1.29 is 0 Å². The lowest BCUT2D eigenvalue weighted by Gasteiger charge is -2.20. The van der Waals surface area contributed by atoms with E-state index in [1.165, 1.54) is 22.3 Å². The summed E-state index contributed by atoms with van der Waals surface area (Å²) in [5.74, 6) is 5.75. The largest absolute Gasteiger partial charge is 0.271 e. The molecule has 100 valence electrons. The SMILES string of the molecule is Cc1ccccc1CC(NN)c1ccc(Br)cc1C. The van der Waals surface area contributed by atoms with Crippen molar-refractivity contribution in [2.45, 2.75) is 26.3 Å². The Morgan fingerprint density at radius 2 is 1.84 bits per heavy atom. The van der Waals surface area contributed by atoms with Crippen molar-refractivity contribution in [3.8, 4) is 0 Å². The van der Waals surface area contributed by atoms with Gasteiger partial charge in [-0.25, -0.2) is 0 Å². The highest BCUT2D eigenvalue weighted by Crippen LogP contribution is 2.25. The van der Waals surface area contributed by atoms with Crippen LogP contribution in [0.25, 0.3) is 0 Å². The van der Waals surface area contributed by atoms with Gasteiger partial charge in [-0.1, -0.05) is 46.3 Å². The minimum atomic E-state index is 0.134. The van der Waals surface area contributed by atoms with Crippen molar-refractivity contribution in [2.24, 2.45) is 5.84 Å². The van der Waals surface area contributed by atoms with E-state index in [2.05, 4.69) is 77.7 Å². The molecule has 0 aliphatic heterocycles. The first kappa shape index (κ1) is 14.3. The Labute approximate surface area is 123 Å². The number of rotatable bonds is 4. The average Bonchev–Trinajstić information content (AvgIpc) is 2.39. The molecule has 0 fully saturated rings. The van der Waals surface area contributed by atoms with E-state index in [9.17, 15) is 0 Å². The van der Waals surface area contributed by atoms with Gasteiger partial charge in [0.1, 0.15) is 0 Å². The molecule has 2 nitrogen and oxygen atoms in total. The van der Waals surface area contributed by atoms with Crippen molar-refractivity contribution in [1.82, 2.24) is 5.43 Å². The van der Waals surface area contributed by atoms with Gasteiger partial charge in [0.25, 0.3) is 0 Å². The number of hydrogen-bond donors (Lipinski definition) is 2. The minimum Gasteiger partial charge on any atom is -0.271 e. The maximum absolute atomic E-state index is 5.75. The van der Waals surface area contributed by atoms with Gasteiger partial charge < -0.3 is 0 Å². The maximum atomic E-state index is 5.75. The van der Waals surface area contributed by atoms with E-state index in [0.717, 1.165) is 10.9 Å². The van der Waals surface area contributed by atoms with Crippen LogP contribution in [0.1, 0.15) is 28.3 Å². The summed E-state index contributed by atoms with van der Waals surface area (Å²) in [6, 6.07) is 14.9. The summed E-state index contributed by atoms with van der Waals surface area (Å²) in [4.78, 5) is 0. The Bertz CT molecular complexity index is 566. The first-order valence-corrected chi connectivity index (χ1v) is 7.18. The molecule has 1 unspecified atom stereocenters. The van der Waals surface area contributed by atoms with Crippen LogP contribution in [0.2, 0.25) is 0 Å². The van der Waals surface area contributed by atoms with Crippen LogP contribution in [0, 0.1) is 13.8 Å². The molecule has 2 rings (SSSR count). The second-order valence-corrected chi connectivity index (χ2v) is 5.77. The standard InChI is InChI=1S/C16H19BrN2/c1-11-5-3-4-6-13(11)10-16(19-18)15-8-7-14(17)9-12(15)2/h3-9,16,19H,10,18H2,1-2H3. The van der Waals surface area contributed by atoms with Crippen LogP contribution in [0.3, 0.4) is 0 Å². The van der Waals surface area contributed by atoms with E-state index >= 15 is 0 Å². The third-order valence-corrected chi connectivity index (χ3v) is 3.99. The molecule has 0 spiro atoms. The summed E-state index contributed by atoms with van der Waals surface area (Å²) in [6.45, 7) is 4.25. The third-order valence-electron chi connectivity index (χ3n) is 3.49. The number of nitrogens with two attached hydrogens (primary N) is 1. The molecule has 0 saturated carbocycles. The van der Waals surface area contributed by atoms with Gasteiger partial charge in [-0.15, -0.1) is 0 Å². The molecule has 0 amide bonds. The molecule has 0 bridgehead atoms. The highest BCUT2D eigenvalue weighted by molar-refractivity contribution is 9.10. The van der Waals surface area contributed by atoms with Gasteiger partial charge in [0.15, 0.2) is 0 Å². The molecular formula is C16H19BrN2. The highest BCUT2D eigenvalue weighted by atomic mass is 79.9. The van der Waals surface area contributed by atoms with Gasteiger partial charge in [-0.05, 0) is 54.7 Å². The smallest absolute Gasteiger partial charge is 0.0503 e. The van der Waals surface area contributed by atoms with E-state index in [0.29, 0.717) is 0 Å². The molecule has 2 aromatic carbocycles. The number of nitrogens with one attached hydrogen (secondary N) is 1. The van der Waals surface area contributed by atoms with Gasteiger partial charge in [-0.3, -0.25) is 11.3 Å². The third kappa shape index (κ3) is 3.44. The van der Waals surface area contributed by atoms with E-state index in [-0.39, 0.29) is 6.04 Å². The van der Waals surface area contributed by atoms with Gasteiger partial charge in [0, 0.05) is 4.47 Å². The maximum Gasteiger partial charge on any atom is 0.0503 e. The van der Waals surface area contributed by atoms with E-state index < -0.39 is 0 Å². The Morgan fingerprint density at radius 3 is 2.47 bits per heavy atom. The molecule has 0 aliphatic rings. The number of benzene rings is 2. The zero-order valence-corrected chi connectivity index (χ0v) is 12.9. The number of hydrogen-bond acceptors (Lipinski definition) is 2. The summed E-state index contributed by atoms with van der Waals surface area (Å²) in [5.41, 5.74) is 8.05. The summed E-state index contributed by atoms with van der Waals surface area (Å²) in [5, 5.41) is 0. The molecule has 19 heavy (non-hydrogen) atoms. The molecule has 0 radical (unpaired) electrons. The highest BCUT2D eigenvalue weighted by Gasteiger charge is 2.14. The van der Waals surface area contributed by atoms with Crippen molar-refractivity contribution in [3.05, 3.63) is 69.2 Å². The van der Waals surface area contributed by atoms with Crippen LogP contribution in [0.5, 0.6) is 0 Å². The molecule has 2 aromatic rings. The molecule has 3 heteroatoms. The Kier molecular flexibility index (Phi) is 4.75. The quantitative estimate of drug-likeness (QED) is 0.664. The number of halogens is 1. The van der Waals surface area contributed by atoms with E-state index in [4.69, 9.17) is 5.84 Å². The zero-order chi connectivity index (χ0) is 13.8. The van der Waals surface area contributed by atoms with E-state index in [1.54, 1.807) is 0 Å². The number of hydrazine groups is 1. The molecule has 1 atom stereocenters. The Balaban J connectivity index is 2.28. The predicted molar refractivity (Wildman–Crippen MR) is 83.8 cm³/mol. The summed E-state index contributed by atoms with van der Waals surface area (Å²) < 4.78 is 1.10. The van der Waals surface area contributed by atoms with Gasteiger partial charge in [0.2, 0.25) is 0 Å². The van der Waals surface area contributed by atoms with E-state index in [1.807, 2.05) is 0 Å². The lowest BCUT2D eigenvalue weighted by Crippen LogP contribution is -2.30. The fourth-order valence-corrected chi connectivity index (χ4v) is 2.82. The topological polar surface area (TPSA) is 38.0 Å². The first-order valence-electron chi connectivity index (χ1n) is 6.38. The predicted octanol–water partition coefficient (Wildman–Crippen LogP) is 3.81. The fraction of sp³-hybridized carbons (Fsp3) is 0.250. The molecule has 3 N–H and O–H groups in total. The van der Waals surface area contributed by atoms with Crippen molar-refractivity contribution in [3.63, 3.8) is 0 Å². The Hall–Kier alpha value is -1.16. The molecule has 0 saturated heterocycles. The molecular weight excluding hydrogens is 300 g/mol. The lowest BCUT2D eigenvalue weighted by atomic mass is 9.94. The van der Waals surface area contributed by atoms with Crippen LogP contribution < -0.4 is 11.3 Å². The molecule has 0 aromatic heterocycles. The first-order chi connectivity index (χ1) is 9.11. The summed E-state index contributed by atoms with van der Waals surface area (Å²) >= 11 is 3.49. The summed E-state index contributed by atoms with van der Waals surface area (Å²) in [6.07, 6.45) is 0.894. The van der Waals surface area contributed by atoms with Crippen molar-refractivity contribution in [1.29, 1.82) is 0 Å². The normalized spacial score (nSPS) is 12.4. The minimum absolute atomic E-state index is 0.134. The lowest BCUT2D eigenvalue weighted by molar-refractivity contribution is 0.548. The van der Waals surface area contributed by atoms with Crippen LogP contribution in [-0.2, 0) is 6.42 Å². The molecule has 0 aliphatic carbocycles. The zero-order valence-electron chi connectivity index (χ0n) is 11.3. The summed E-state index contributed by atoms with van der Waals surface area (Å²) in [7, 11) is 0. The van der Waals surface area contributed by atoms with Crippen LogP contribution in [0.4, 0.5) is 0 Å². The molecule has 0 heterocycles. The Morgan fingerprint density at radius 1 is 1.11 bits per heavy atom. The fourth-order valence-electron chi connectivity index (χ4n) is 2.35. The average molecular weight is 319 g/mol. The monoisotopic (exact) mass is 318 g/mol. The second-order valence-electron chi connectivity index (χ2n) is 4.85.